The topological polar surface area (TPSA) is 73.2 Å². The van der Waals surface area contributed by atoms with E-state index in [1.54, 1.807) is 14.2 Å². The smallest absolute Gasteiger partial charge is 0.350 e. The number of ether oxygens (including phenoxy) is 3. The number of hydrogen-bond acceptors (Lipinski definition) is 8. The first-order valence-corrected chi connectivity index (χ1v) is 13.3. The van der Waals surface area contributed by atoms with E-state index in [1.807, 2.05) is 43.1 Å². The zero-order valence-electron chi connectivity index (χ0n) is 21.6. The standard InChI is InChI=1S/C29H31N3O4S/c1-5-36-28(33)27-18(2)30-29(37-27)32-26(20-11-15-23(35-4)16-12-20)24-8-6-7-21(25(24)31-32)17-19-9-13-22(34-3)14-10-19/h9-17,24,26H,5-8H2,1-4H3/b21-17+. The molecule has 7 nitrogen and oxygen atoms in total. The van der Waals surface area contributed by atoms with Crippen LogP contribution in [0.2, 0.25) is 0 Å². The monoisotopic (exact) mass is 517 g/mol. The van der Waals surface area contributed by atoms with Crippen molar-refractivity contribution >= 4 is 34.2 Å². The number of hydrogen-bond donors (Lipinski definition) is 0. The van der Waals surface area contributed by atoms with E-state index in [4.69, 9.17) is 24.3 Å². The van der Waals surface area contributed by atoms with Gasteiger partial charge in [-0.25, -0.2) is 14.8 Å². The Morgan fingerprint density at radius 2 is 1.76 bits per heavy atom. The number of esters is 1. The molecular weight excluding hydrogens is 486 g/mol. The number of aromatic nitrogens is 1. The van der Waals surface area contributed by atoms with Gasteiger partial charge in [0.2, 0.25) is 5.13 Å². The summed E-state index contributed by atoms with van der Waals surface area (Å²) in [6.07, 6.45) is 5.31. The van der Waals surface area contributed by atoms with Crippen LogP contribution in [-0.2, 0) is 4.74 Å². The van der Waals surface area contributed by atoms with Crippen LogP contribution in [0.15, 0.2) is 59.2 Å². The number of aryl methyl sites for hydroxylation is 1. The minimum atomic E-state index is -0.339. The van der Waals surface area contributed by atoms with Crippen molar-refractivity contribution in [2.75, 3.05) is 25.8 Å². The minimum absolute atomic E-state index is 0.0268. The number of carbonyl (C=O) groups excluding carboxylic acids is 1. The van der Waals surface area contributed by atoms with Gasteiger partial charge in [0.15, 0.2) is 0 Å². The predicted octanol–water partition coefficient (Wildman–Crippen LogP) is 6.45. The summed E-state index contributed by atoms with van der Waals surface area (Å²) in [5, 5.41) is 7.88. The van der Waals surface area contributed by atoms with Gasteiger partial charge in [-0.05, 0) is 80.2 Å². The van der Waals surface area contributed by atoms with Gasteiger partial charge < -0.3 is 14.2 Å². The Balaban J connectivity index is 1.56. The van der Waals surface area contributed by atoms with Gasteiger partial charge >= 0.3 is 5.97 Å². The fourth-order valence-corrected chi connectivity index (χ4v) is 6.01. The third kappa shape index (κ3) is 4.98. The first-order valence-electron chi connectivity index (χ1n) is 12.5. The molecule has 1 saturated carbocycles. The number of anilines is 1. The van der Waals surface area contributed by atoms with Crippen LogP contribution in [0.4, 0.5) is 5.13 Å². The number of fused-ring (bicyclic) bond motifs is 1. The van der Waals surface area contributed by atoms with Crippen molar-refractivity contribution in [3.8, 4) is 11.5 Å². The van der Waals surface area contributed by atoms with Crippen molar-refractivity contribution in [3.63, 3.8) is 0 Å². The van der Waals surface area contributed by atoms with Gasteiger partial charge in [-0.2, -0.15) is 5.10 Å². The van der Waals surface area contributed by atoms with Crippen molar-refractivity contribution in [3.05, 3.63) is 75.8 Å². The molecule has 1 aromatic heterocycles. The quantitative estimate of drug-likeness (QED) is 0.336. The maximum absolute atomic E-state index is 12.5. The lowest BCUT2D eigenvalue weighted by Gasteiger charge is -2.29. The fourth-order valence-electron chi connectivity index (χ4n) is 5.06. The Hall–Kier alpha value is -3.65. The zero-order chi connectivity index (χ0) is 25.9. The van der Waals surface area contributed by atoms with Gasteiger partial charge in [-0.3, -0.25) is 0 Å². The number of methoxy groups -OCH3 is 2. The summed E-state index contributed by atoms with van der Waals surface area (Å²) in [5.41, 5.74) is 5.25. The summed E-state index contributed by atoms with van der Waals surface area (Å²) in [6.45, 7) is 3.98. The zero-order valence-corrected chi connectivity index (χ0v) is 22.4. The molecule has 1 aliphatic carbocycles. The number of thiazole rings is 1. The van der Waals surface area contributed by atoms with Crippen LogP contribution in [0.1, 0.15) is 58.7 Å². The van der Waals surface area contributed by atoms with Crippen LogP contribution in [-0.4, -0.2) is 37.5 Å². The van der Waals surface area contributed by atoms with Crippen LogP contribution in [0.25, 0.3) is 6.08 Å². The number of allylic oxidation sites excluding steroid dienone is 1. The van der Waals surface area contributed by atoms with E-state index in [9.17, 15) is 4.79 Å². The van der Waals surface area contributed by atoms with E-state index in [0.29, 0.717) is 22.3 Å². The van der Waals surface area contributed by atoms with Gasteiger partial charge in [-0.15, -0.1) is 0 Å². The number of benzene rings is 2. The highest BCUT2D eigenvalue weighted by atomic mass is 32.1. The van der Waals surface area contributed by atoms with Gasteiger partial charge in [0.1, 0.15) is 16.4 Å². The third-order valence-electron chi connectivity index (χ3n) is 6.86. The molecule has 2 aliphatic rings. The Morgan fingerprint density at radius 3 is 2.41 bits per heavy atom. The van der Waals surface area contributed by atoms with Crippen molar-refractivity contribution in [1.29, 1.82) is 0 Å². The van der Waals surface area contributed by atoms with E-state index in [1.165, 1.54) is 16.9 Å². The molecule has 0 N–H and O–H groups in total. The van der Waals surface area contributed by atoms with Crippen LogP contribution in [0, 0.1) is 12.8 Å². The second kappa shape index (κ2) is 10.8. The van der Waals surface area contributed by atoms with E-state index in [2.05, 4.69) is 30.3 Å². The van der Waals surface area contributed by atoms with Gasteiger partial charge in [0, 0.05) is 5.92 Å². The molecule has 0 saturated heterocycles. The van der Waals surface area contributed by atoms with E-state index in [-0.39, 0.29) is 17.9 Å². The van der Waals surface area contributed by atoms with Gasteiger partial charge in [0.25, 0.3) is 0 Å². The Kier molecular flexibility index (Phi) is 7.28. The SMILES string of the molecule is CCOC(=O)c1sc(N2N=C3/C(=C/c4ccc(OC)cc4)CCCC3C2c2ccc(OC)cc2)nc1C. The molecule has 8 heteroatoms. The second-order valence-corrected chi connectivity index (χ2v) is 10.1. The summed E-state index contributed by atoms with van der Waals surface area (Å²) in [5.74, 6) is 1.52. The number of nitrogens with zero attached hydrogens (tertiary/aromatic N) is 3. The van der Waals surface area contributed by atoms with E-state index in [0.717, 1.165) is 47.6 Å². The van der Waals surface area contributed by atoms with Crippen LogP contribution in [0.5, 0.6) is 11.5 Å². The molecule has 2 heterocycles. The molecule has 37 heavy (non-hydrogen) atoms. The summed E-state index contributed by atoms with van der Waals surface area (Å²) in [7, 11) is 3.35. The van der Waals surface area contributed by atoms with Crippen LogP contribution >= 0.6 is 11.3 Å². The largest absolute Gasteiger partial charge is 0.497 e. The second-order valence-electron chi connectivity index (χ2n) is 9.12. The first kappa shape index (κ1) is 25.0. The van der Waals surface area contributed by atoms with Crippen molar-refractivity contribution < 1.29 is 19.0 Å². The van der Waals surface area contributed by atoms with Gasteiger partial charge in [0.05, 0.1) is 38.3 Å². The molecule has 1 aliphatic heterocycles. The van der Waals surface area contributed by atoms with E-state index < -0.39 is 0 Å². The Labute approximate surface area is 221 Å². The average Bonchev–Trinajstić information content (AvgIpc) is 3.51. The lowest BCUT2D eigenvalue weighted by molar-refractivity contribution is 0.0531. The maximum atomic E-state index is 12.5. The fraction of sp³-hybridized carbons (Fsp3) is 0.345. The minimum Gasteiger partial charge on any atom is -0.497 e. The van der Waals surface area contributed by atoms with Gasteiger partial charge in [-0.1, -0.05) is 35.6 Å². The molecule has 3 aromatic rings. The molecule has 5 rings (SSSR count). The maximum Gasteiger partial charge on any atom is 0.350 e. The molecule has 2 atom stereocenters. The molecule has 0 bridgehead atoms. The van der Waals surface area contributed by atoms with Crippen LogP contribution < -0.4 is 14.5 Å². The Bertz CT molecular complexity index is 1330. The molecule has 0 spiro atoms. The predicted molar refractivity (Wildman–Crippen MR) is 147 cm³/mol. The molecule has 192 valence electrons. The summed E-state index contributed by atoms with van der Waals surface area (Å²) in [6, 6.07) is 16.2. The number of rotatable bonds is 7. The highest BCUT2D eigenvalue weighted by Gasteiger charge is 2.43. The summed E-state index contributed by atoms with van der Waals surface area (Å²) >= 11 is 1.34. The van der Waals surface area contributed by atoms with Crippen molar-refractivity contribution in [1.82, 2.24) is 4.98 Å². The Morgan fingerprint density at radius 1 is 1.08 bits per heavy atom. The third-order valence-corrected chi connectivity index (χ3v) is 7.98. The first-order chi connectivity index (χ1) is 18.0. The lowest BCUT2D eigenvalue weighted by Crippen LogP contribution is -2.28. The molecule has 1 fully saturated rings. The number of hydrazone groups is 1. The molecule has 0 amide bonds. The molecular formula is C29H31N3O4S. The van der Waals surface area contributed by atoms with Crippen molar-refractivity contribution in [2.45, 2.75) is 39.2 Å². The highest BCUT2D eigenvalue weighted by Crippen LogP contribution is 2.47. The highest BCUT2D eigenvalue weighted by molar-refractivity contribution is 7.17. The summed E-state index contributed by atoms with van der Waals surface area (Å²) < 4.78 is 16.0. The normalized spacial score (nSPS) is 19.9. The lowest BCUT2D eigenvalue weighted by atomic mass is 9.77. The summed E-state index contributed by atoms with van der Waals surface area (Å²) in [4.78, 5) is 17.8. The molecule has 2 unspecified atom stereocenters. The molecule has 0 radical (unpaired) electrons. The van der Waals surface area contributed by atoms with Crippen LogP contribution in [0.3, 0.4) is 0 Å². The van der Waals surface area contributed by atoms with E-state index >= 15 is 0 Å². The van der Waals surface area contributed by atoms with Crippen molar-refractivity contribution in [2.24, 2.45) is 11.0 Å². The average molecular weight is 518 g/mol. The molecule has 2 aromatic carbocycles. The number of carbonyl (C=O) groups is 1.